The zero-order valence-corrected chi connectivity index (χ0v) is 12.4. The quantitative estimate of drug-likeness (QED) is 0.427. The molecule has 20 heavy (non-hydrogen) atoms. The summed E-state index contributed by atoms with van der Waals surface area (Å²) in [5, 5.41) is 0. The molecule has 0 aliphatic heterocycles. The van der Waals surface area contributed by atoms with Crippen molar-refractivity contribution in [3.05, 3.63) is 60.2 Å². The summed E-state index contributed by atoms with van der Waals surface area (Å²) in [6.45, 7) is 2.31. The highest BCUT2D eigenvalue weighted by Crippen LogP contribution is 2.19. The molecule has 0 saturated heterocycles. The third-order valence-electron chi connectivity index (χ3n) is 2.83. The lowest BCUT2D eigenvalue weighted by Gasteiger charge is -2.06. The second-order valence-corrected chi connectivity index (χ2v) is 5.61. The topological polar surface area (TPSA) is 26.3 Å². The lowest BCUT2D eigenvalue weighted by atomic mass is 10.2. The molecule has 0 aliphatic rings. The minimum absolute atomic E-state index is 0.109. The molecule has 2 rings (SSSR count). The number of ketones is 1. The summed E-state index contributed by atoms with van der Waals surface area (Å²) in [7, 11) is 0. The van der Waals surface area contributed by atoms with Crippen molar-refractivity contribution in [2.24, 2.45) is 0 Å². The number of ether oxygens (including phenoxy) is 1. The van der Waals surface area contributed by atoms with Crippen LogP contribution in [-0.2, 0) is 0 Å². The van der Waals surface area contributed by atoms with Gasteiger partial charge < -0.3 is 4.74 Å². The van der Waals surface area contributed by atoms with Gasteiger partial charge in [-0.2, -0.15) is 0 Å². The van der Waals surface area contributed by atoms with Crippen LogP contribution < -0.4 is 4.74 Å². The van der Waals surface area contributed by atoms with Crippen molar-refractivity contribution < 1.29 is 9.53 Å². The summed E-state index contributed by atoms with van der Waals surface area (Å²) < 4.78 is 5.64. The van der Waals surface area contributed by atoms with Crippen molar-refractivity contribution in [3.8, 4) is 5.75 Å². The Morgan fingerprint density at radius 2 is 1.75 bits per heavy atom. The average Bonchev–Trinajstić information content (AvgIpc) is 2.48. The maximum atomic E-state index is 11.2. The molecule has 0 heterocycles. The van der Waals surface area contributed by atoms with E-state index in [0.29, 0.717) is 0 Å². The Balaban J connectivity index is 1.67. The molecule has 2 nitrogen and oxygen atoms in total. The monoisotopic (exact) mass is 286 g/mol. The number of thioether (sulfide) groups is 1. The number of carbonyl (C=O) groups is 1. The largest absolute Gasteiger partial charge is 0.494 e. The number of benzene rings is 2. The molecule has 0 spiro atoms. The lowest BCUT2D eigenvalue weighted by Crippen LogP contribution is -1.98. The van der Waals surface area contributed by atoms with E-state index in [2.05, 4.69) is 0 Å². The molecule has 3 heteroatoms. The van der Waals surface area contributed by atoms with E-state index in [1.54, 1.807) is 18.7 Å². The van der Waals surface area contributed by atoms with Crippen LogP contribution in [0.25, 0.3) is 0 Å². The van der Waals surface area contributed by atoms with Gasteiger partial charge in [-0.15, -0.1) is 11.8 Å². The van der Waals surface area contributed by atoms with Crippen LogP contribution in [0.5, 0.6) is 5.75 Å². The second kappa shape index (κ2) is 7.75. The Bertz CT molecular complexity index is 535. The SMILES string of the molecule is CC(=O)c1ccc(SCCCOc2ccccc2)cc1. The molecule has 0 saturated carbocycles. The molecule has 0 bridgehead atoms. The van der Waals surface area contributed by atoms with Crippen LogP contribution in [0.4, 0.5) is 0 Å². The van der Waals surface area contributed by atoms with Crippen LogP contribution in [0.15, 0.2) is 59.5 Å². The maximum absolute atomic E-state index is 11.2. The van der Waals surface area contributed by atoms with Gasteiger partial charge in [-0.3, -0.25) is 4.79 Å². The zero-order valence-electron chi connectivity index (χ0n) is 11.5. The van der Waals surface area contributed by atoms with E-state index in [9.17, 15) is 4.79 Å². The van der Waals surface area contributed by atoms with Crippen molar-refractivity contribution in [1.29, 1.82) is 0 Å². The van der Waals surface area contributed by atoms with Gasteiger partial charge in [0.05, 0.1) is 6.61 Å². The first-order valence-corrected chi connectivity index (χ1v) is 7.66. The fraction of sp³-hybridized carbons (Fsp3) is 0.235. The summed E-state index contributed by atoms with van der Waals surface area (Å²) in [4.78, 5) is 12.4. The number of para-hydroxylation sites is 1. The summed E-state index contributed by atoms with van der Waals surface area (Å²) in [6, 6.07) is 17.6. The number of carbonyl (C=O) groups excluding carboxylic acids is 1. The first-order chi connectivity index (χ1) is 9.75. The fourth-order valence-electron chi connectivity index (χ4n) is 1.74. The standard InChI is InChI=1S/C17H18O2S/c1-14(18)15-8-10-17(11-9-15)20-13-5-12-19-16-6-3-2-4-7-16/h2-4,6-11H,5,12-13H2,1H3. The molecular formula is C17H18O2S. The Morgan fingerprint density at radius 1 is 1.05 bits per heavy atom. The van der Waals surface area contributed by atoms with Crippen LogP contribution in [0.1, 0.15) is 23.7 Å². The van der Waals surface area contributed by atoms with Gasteiger partial charge in [0.15, 0.2) is 5.78 Å². The Labute approximate surface area is 124 Å². The molecule has 0 N–H and O–H groups in total. The Morgan fingerprint density at radius 3 is 2.40 bits per heavy atom. The summed E-state index contributed by atoms with van der Waals surface area (Å²) in [6.07, 6.45) is 0.994. The molecule has 0 aliphatic carbocycles. The summed E-state index contributed by atoms with van der Waals surface area (Å²) in [5.41, 5.74) is 0.766. The molecule has 0 unspecified atom stereocenters. The molecule has 0 amide bonds. The van der Waals surface area contributed by atoms with Crippen molar-refractivity contribution in [2.45, 2.75) is 18.2 Å². The minimum Gasteiger partial charge on any atom is -0.494 e. The average molecular weight is 286 g/mol. The number of rotatable bonds is 7. The van der Waals surface area contributed by atoms with E-state index in [-0.39, 0.29) is 5.78 Å². The molecule has 0 radical (unpaired) electrons. The maximum Gasteiger partial charge on any atom is 0.159 e. The highest BCUT2D eigenvalue weighted by atomic mass is 32.2. The fourth-order valence-corrected chi connectivity index (χ4v) is 2.57. The number of Topliss-reactive ketones (excluding diaryl/α,β-unsaturated/α-hetero) is 1. The predicted molar refractivity (Wildman–Crippen MR) is 83.7 cm³/mol. The van der Waals surface area contributed by atoms with Crippen molar-refractivity contribution in [1.82, 2.24) is 0 Å². The lowest BCUT2D eigenvalue weighted by molar-refractivity contribution is 0.101. The van der Waals surface area contributed by atoms with Gasteiger partial charge >= 0.3 is 0 Å². The van der Waals surface area contributed by atoms with Crippen LogP contribution in [0.2, 0.25) is 0 Å². The number of hydrogen-bond acceptors (Lipinski definition) is 3. The van der Waals surface area contributed by atoms with E-state index in [4.69, 9.17) is 4.74 Å². The minimum atomic E-state index is 0.109. The van der Waals surface area contributed by atoms with Gasteiger partial charge in [-0.25, -0.2) is 0 Å². The Kier molecular flexibility index (Phi) is 5.69. The van der Waals surface area contributed by atoms with Crippen molar-refractivity contribution >= 4 is 17.5 Å². The molecule has 0 fully saturated rings. The van der Waals surface area contributed by atoms with Crippen LogP contribution in [0, 0.1) is 0 Å². The van der Waals surface area contributed by atoms with E-state index >= 15 is 0 Å². The smallest absolute Gasteiger partial charge is 0.159 e. The predicted octanol–water partition coefficient (Wildman–Crippen LogP) is 4.45. The molecule has 0 aromatic heterocycles. The van der Waals surface area contributed by atoms with Crippen LogP contribution >= 0.6 is 11.8 Å². The normalized spacial score (nSPS) is 10.2. The number of hydrogen-bond donors (Lipinski definition) is 0. The Hall–Kier alpha value is -1.74. The van der Waals surface area contributed by atoms with Crippen molar-refractivity contribution in [3.63, 3.8) is 0 Å². The highest BCUT2D eigenvalue weighted by Gasteiger charge is 1.99. The van der Waals surface area contributed by atoms with Gasteiger partial charge in [-0.05, 0) is 37.6 Å². The summed E-state index contributed by atoms with van der Waals surface area (Å²) in [5.74, 6) is 2.04. The van der Waals surface area contributed by atoms with E-state index in [1.807, 2.05) is 54.6 Å². The second-order valence-electron chi connectivity index (χ2n) is 4.44. The van der Waals surface area contributed by atoms with Crippen LogP contribution in [-0.4, -0.2) is 18.1 Å². The third kappa shape index (κ3) is 4.74. The molecule has 104 valence electrons. The van der Waals surface area contributed by atoms with E-state index in [0.717, 1.165) is 30.1 Å². The molecule has 2 aromatic rings. The molecule has 2 aromatic carbocycles. The van der Waals surface area contributed by atoms with Gasteiger partial charge in [0, 0.05) is 16.2 Å². The van der Waals surface area contributed by atoms with Gasteiger partial charge in [0.1, 0.15) is 5.75 Å². The first kappa shape index (κ1) is 14.7. The summed E-state index contributed by atoms with van der Waals surface area (Å²) >= 11 is 1.78. The van der Waals surface area contributed by atoms with Crippen LogP contribution in [0.3, 0.4) is 0 Å². The van der Waals surface area contributed by atoms with Crippen molar-refractivity contribution in [2.75, 3.05) is 12.4 Å². The van der Waals surface area contributed by atoms with E-state index in [1.165, 1.54) is 4.90 Å². The van der Waals surface area contributed by atoms with Gasteiger partial charge in [0.25, 0.3) is 0 Å². The highest BCUT2D eigenvalue weighted by molar-refractivity contribution is 7.99. The first-order valence-electron chi connectivity index (χ1n) is 6.67. The van der Waals surface area contributed by atoms with E-state index < -0.39 is 0 Å². The van der Waals surface area contributed by atoms with Gasteiger partial charge in [-0.1, -0.05) is 30.3 Å². The molecule has 0 atom stereocenters. The third-order valence-corrected chi connectivity index (χ3v) is 3.93. The zero-order chi connectivity index (χ0) is 14.2. The molecular weight excluding hydrogens is 268 g/mol. The van der Waals surface area contributed by atoms with Gasteiger partial charge in [0.2, 0.25) is 0 Å².